The van der Waals surface area contributed by atoms with Crippen molar-refractivity contribution in [2.75, 3.05) is 26.3 Å². The summed E-state index contributed by atoms with van der Waals surface area (Å²) in [4.78, 5) is 17.7. The Balaban J connectivity index is 1.30. The maximum absolute atomic E-state index is 13.9. The maximum atomic E-state index is 13.9. The number of ketones is 1. The van der Waals surface area contributed by atoms with Crippen LogP contribution in [0.4, 0.5) is 4.39 Å². The van der Waals surface area contributed by atoms with Crippen molar-refractivity contribution in [3.8, 4) is 11.4 Å². The minimum Gasteiger partial charge on any atom is -0.491 e. The van der Waals surface area contributed by atoms with Gasteiger partial charge in [-0.1, -0.05) is 12.1 Å². The summed E-state index contributed by atoms with van der Waals surface area (Å²) in [6, 6.07) is 12.7. The quantitative estimate of drug-likeness (QED) is 0.559. The molecule has 0 spiro atoms. The molecular weight excluding hydrogens is 385 g/mol. The molecule has 1 saturated heterocycles. The fourth-order valence-electron chi connectivity index (χ4n) is 3.53. The highest BCUT2D eigenvalue weighted by Gasteiger charge is 2.21. The summed E-state index contributed by atoms with van der Waals surface area (Å²) in [6.45, 7) is 4.70. The number of ether oxygens (including phenoxy) is 2. The molecule has 2 aromatic carbocycles. The molecule has 156 valence electrons. The molecule has 1 aromatic heterocycles. The number of hydrogen-bond donors (Lipinski definition) is 0. The van der Waals surface area contributed by atoms with Gasteiger partial charge in [0.15, 0.2) is 5.78 Å². The van der Waals surface area contributed by atoms with Crippen molar-refractivity contribution in [1.82, 2.24) is 14.5 Å². The van der Waals surface area contributed by atoms with E-state index < -0.39 is 5.82 Å². The van der Waals surface area contributed by atoms with Crippen molar-refractivity contribution in [2.24, 2.45) is 0 Å². The zero-order chi connectivity index (χ0) is 20.9. The number of rotatable bonds is 7. The summed E-state index contributed by atoms with van der Waals surface area (Å²) >= 11 is 0. The van der Waals surface area contributed by atoms with Gasteiger partial charge in [-0.2, -0.15) is 0 Å². The molecule has 1 unspecified atom stereocenters. The fraction of sp³-hybridized carbons (Fsp3) is 0.304. The third kappa shape index (κ3) is 4.93. The molecule has 4 rings (SSSR count). The second-order valence-corrected chi connectivity index (χ2v) is 7.37. The first kappa shape index (κ1) is 20.3. The smallest absolute Gasteiger partial charge is 0.162 e. The Hall–Kier alpha value is -3.03. The van der Waals surface area contributed by atoms with E-state index in [1.807, 2.05) is 10.8 Å². The molecule has 30 heavy (non-hydrogen) atoms. The first-order chi connectivity index (χ1) is 14.6. The minimum absolute atomic E-state index is 0.0708. The predicted molar refractivity (Wildman–Crippen MR) is 110 cm³/mol. The van der Waals surface area contributed by atoms with E-state index in [1.54, 1.807) is 18.6 Å². The van der Waals surface area contributed by atoms with E-state index in [0.717, 1.165) is 25.3 Å². The van der Waals surface area contributed by atoms with Gasteiger partial charge in [0, 0.05) is 43.8 Å². The van der Waals surface area contributed by atoms with Crippen LogP contribution in [0.5, 0.6) is 5.75 Å². The number of Topliss-reactive ketones (excluding diaryl/α,β-unsaturated/α-hetero) is 1. The number of imidazole rings is 1. The number of aromatic nitrogens is 2. The van der Waals surface area contributed by atoms with Crippen LogP contribution < -0.4 is 4.74 Å². The first-order valence-corrected chi connectivity index (χ1v) is 9.93. The number of carbonyl (C=O) groups excluding carboxylic acids is 1. The van der Waals surface area contributed by atoms with Gasteiger partial charge in [-0.15, -0.1) is 0 Å². The first-order valence-electron chi connectivity index (χ1n) is 9.93. The van der Waals surface area contributed by atoms with E-state index >= 15 is 0 Å². The number of hydrogen-bond acceptors (Lipinski definition) is 5. The predicted octanol–water partition coefficient (Wildman–Crippen LogP) is 3.49. The minimum atomic E-state index is -0.565. The largest absolute Gasteiger partial charge is 0.491 e. The molecule has 2 heterocycles. The van der Waals surface area contributed by atoms with Crippen LogP contribution >= 0.6 is 0 Å². The summed E-state index contributed by atoms with van der Waals surface area (Å²) in [6.07, 6.45) is 5.36. The van der Waals surface area contributed by atoms with Gasteiger partial charge in [0.25, 0.3) is 0 Å². The number of carbonyl (C=O) groups is 1. The maximum Gasteiger partial charge on any atom is 0.162 e. The van der Waals surface area contributed by atoms with Gasteiger partial charge in [-0.3, -0.25) is 9.69 Å². The standard InChI is InChI=1S/C23H24FN3O3/c1-17(28)22-7-6-20(12-23(22)24)30-15-21-14-26(10-11-29-21)13-18-2-4-19(5-3-18)27-9-8-25-16-27/h2-9,12,16,21H,10-11,13-15H2,1H3. The Labute approximate surface area is 174 Å². The van der Waals surface area contributed by atoms with Gasteiger partial charge in [-0.05, 0) is 36.8 Å². The molecule has 0 saturated carbocycles. The van der Waals surface area contributed by atoms with Crippen LogP contribution in [-0.4, -0.2) is 52.6 Å². The lowest BCUT2D eigenvalue weighted by molar-refractivity contribution is -0.0504. The normalized spacial score (nSPS) is 17.1. The fourth-order valence-corrected chi connectivity index (χ4v) is 3.53. The van der Waals surface area contributed by atoms with Crippen molar-refractivity contribution in [2.45, 2.75) is 19.6 Å². The molecule has 1 aliphatic rings. The number of morpholine rings is 1. The number of halogens is 1. The summed E-state index contributed by atoms with van der Waals surface area (Å²) in [5.41, 5.74) is 2.37. The van der Waals surface area contributed by atoms with E-state index in [4.69, 9.17) is 9.47 Å². The van der Waals surface area contributed by atoms with Crippen molar-refractivity contribution in [3.63, 3.8) is 0 Å². The van der Waals surface area contributed by atoms with Crippen LogP contribution in [0.2, 0.25) is 0 Å². The molecule has 1 aliphatic heterocycles. The Morgan fingerprint density at radius 1 is 1.27 bits per heavy atom. The average molecular weight is 409 g/mol. The molecule has 0 amide bonds. The van der Waals surface area contributed by atoms with Crippen LogP contribution in [-0.2, 0) is 11.3 Å². The van der Waals surface area contributed by atoms with Gasteiger partial charge in [-0.25, -0.2) is 9.37 Å². The molecule has 0 bridgehead atoms. The lowest BCUT2D eigenvalue weighted by Crippen LogP contribution is -2.44. The van der Waals surface area contributed by atoms with E-state index in [-0.39, 0.29) is 17.5 Å². The third-order valence-electron chi connectivity index (χ3n) is 5.12. The Bertz CT molecular complexity index is 989. The molecule has 6 nitrogen and oxygen atoms in total. The molecular formula is C23H24FN3O3. The van der Waals surface area contributed by atoms with Crippen molar-refractivity contribution in [1.29, 1.82) is 0 Å². The van der Waals surface area contributed by atoms with Gasteiger partial charge < -0.3 is 14.0 Å². The van der Waals surface area contributed by atoms with E-state index in [0.29, 0.717) is 19.0 Å². The van der Waals surface area contributed by atoms with Gasteiger partial charge >= 0.3 is 0 Å². The van der Waals surface area contributed by atoms with Crippen molar-refractivity contribution >= 4 is 5.78 Å². The molecule has 1 fully saturated rings. The highest BCUT2D eigenvalue weighted by molar-refractivity contribution is 5.94. The summed E-state index contributed by atoms with van der Waals surface area (Å²) in [5, 5.41) is 0. The van der Waals surface area contributed by atoms with Gasteiger partial charge in [0.05, 0.1) is 18.5 Å². The molecule has 0 aliphatic carbocycles. The van der Waals surface area contributed by atoms with E-state index in [2.05, 4.69) is 34.1 Å². The summed E-state index contributed by atoms with van der Waals surface area (Å²) < 4.78 is 27.4. The lowest BCUT2D eigenvalue weighted by Gasteiger charge is -2.32. The Morgan fingerprint density at radius 3 is 2.80 bits per heavy atom. The van der Waals surface area contributed by atoms with E-state index in [1.165, 1.54) is 24.6 Å². The SMILES string of the molecule is CC(=O)c1ccc(OCC2CN(Cc3ccc(-n4ccnc4)cc3)CCO2)cc1F. The van der Waals surface area contributed by atoms with Crippen LogP contribution in [0.1, 0.15) is 22.8 Å². The zero-order valence-electron chi connectivity index (χ0n) is 16.8. The molecule has 7 heteroatoms. The van der Waals surface area contributed by atoms with Crippen LogP contribution in [0.25, 0.3) is 5.69 Å². The molecule has 0 radical (unpaired) electrons. The topological polar surface area (TPSA) is 56.6 Å². The Kier molecular flexibility index (Phi) is 6.21. The summed E-state index contributed by atoms with van der Waals surface area (Å²) in [5.74, 6) is -0.470. The molecule has 0 N–H and O–H groups in total. The van der Waals surface area contributed by atoms with Gasteiger partial charge in [0.1, 0.15) is 24.3 Å². The Morgan fingerprint density at radius 2 is 2.10 bits per heavy atom. The second-order valence-electron chi connectivity index (χ2n) is 7.37. The van der Waals surface area contributed by atoms with Crippen molar-refractivity contribution in [3.05, 3.63) is 78.1 Å². The molecule has 3 aromatic rings. The lowest BCUT2D eigenvalue weighted by atomic mass is 10.1. The van der Waals surface area contributed by atoms with Gasteiger partial charge in [0.2, 0.25) is 0 Å². The highest BCUT2D eigenvalue weighted by atomic mass is 19.1. The van der Waals surface area contributed by atoms with E-state index in [9.17, 15) is 9.18 Å². The molecule has 1 atom stereocenters. The number of benzene rings is 2. The van der Waals surface area contributed by atoms with Crippen LogP contribution in [0.3, 0.4) is 0 Å². The van der Waals surface area contributed by atoms with Crippen LogP contribution in [0.15, 0.2) is 61.2 Å². The highest BCUT2D eigenvalue weighted by Crippen LogP contribution is 2.19. The third-order valence-corrected chi connectivity index (χ3v) is 5.12. The number of nitrogens with zero attached hydrogens (tertiary/aromatic N) is 3. The van der Waals surface area contributed by atoms with Crippen molar-refractivity contribution < 1.29 is 18.7 Å². The summed E-state index contributed by atoms with van der Waals surface area (Å²) in [7, 11) is 0. The van der Waals surface area contributed by atoms with Crippen LogP contribution in [0, 0.1) is 5.82 Å². The average Bonchev–Trinajstić information content (AvgIpc) is 3.28. The second kappa shape index (κ2) is 9.19. The zero-order valence-corrected chi connectivity index (χ0v) is 16.8. The monoisotopic (exact) mass is 409 g/mol.